The van der Waals surface area contributed by atoms with Crippen molar-refractivity contribution in [3.05, 3.63) is 18.2 Å². The molecule has 2 rings (SSSR count). The van der Waals surface area contributed by atoms with Gasteiger partial charge in [0.25, 0.3) is 0 Å². The van der Waals surface area contributed by atoms with Crippen molar-refractivity contribution >= 4 is 44.4 Å². The van der Waals surface area contributed by atoms with Gasteiger partial charge in [-0.05, 0) is 26.0 Å². The van der Waals surface area contributed by atoms with Gasteiger partial charge in [-0.15, -0.1) is 11.6 Å². The van der Waals surface area contributed by atoms with Crippen molar-refractivity contribution in [2.24, 2.45) is 8.73 Å². The lowest BCUT2D eigenvalue weighted by Crippen LogP contribution is -2.46. The maximum absolute atomic E-state index is 12.7. The number of benzene rings is 1. The minimum absolute atomic E-state index is 0.166. The molecule has 104 valence electrons. The fourth-order valence-corrected chi connectivity index (χ4v) is 4.06. The van der Waals surface area contributed by atoms with E-state index in [2.05, 4.69) is 8.73 Å². The van der Waals surface area contributed by atoms with Crippen LogP contribution in [0, 0.1) is 0 Å². The van der Waals surface area contributed by atoms with Crippen LogP contribution >= 0.6 is 11.6 Å². The van der Waals surface area contributed by atoms with Crippen molar-refractivity contribution in [2.75, 3.05) is 12.9 Å². The molecule has 0 spiro atoms. The molecule has 0 fully saturated rings. The molecule has 1 aromatic rings. The van der Waals surface area contributed by atoms with Crippen LogP contribution in [0.5, 0.6) is 0 Å². The van der Waals surface area contributed by atoms with E-state index in [0.717, 1.165) is 11.4 Å². The van der Waals surface area contributed by atoms with Gasteiger partial charge in [0.05, 0.1) is 11.4 Å². The summed E-state index contributed by atoms with van der Waals surface area (Å²) in [5.74, 6) is 0.202. The molecule has 1 aliphatic heterocycles. The zero-order valence-corrected chi connectivity index (χ0v) is 13.2. The summed E-state index contributed by atoms with van der Waals surface area (Å²) in [6.07, 6.45) is 0. The van der Waals surface area contributed by atoms with Crippen LogP contribution in [0.15, 0.2) is 31.8 Å². The highest BCUT2D eigenvalue weighted by Crippen LogP contribution is 2.39. The Morgan fingerprint density at radius 1 is 1.37 bits per heavy atom. The van der Waals surface area contributed by atoms with Gasteiger partial charge in [0, 0.05) is 18.5 Å². The molecule has 0 saturated carbocycles. The van der Waals surface area contributed by atoms with E-state index in [4.69, 9.17) is 11.6 Å². The van der Waals surface area contributed by atoms with Gasteiger partial charge in [0.1, 0.15) is 16.3 Å². The van der Waals surface area contributed by atoms with E-state index >= 15 is 0 Å². The third-order valence-corrected chi connectivity index (χ3v) is 6.36. The van der Waals surface area contributed by atoms with Gasteiger partial charge < -0.3 is 0 Å². The standard InChI is InChI=1S/C11H14ClN3O2S2/c1-11(2,7-12)15(3)19(16,17)9-6-4-5-8-10(9)14-18-13-8/h4-6H,7H2,1-3H3. The summed E-state index contributed by atoms with van der Waals surface area (Å²) in [6.45, 7) is 3.55. The molecule has 1 aliphatic rings. The number of hydrogen-bond acceptors (Lipinski definition) is 4. The second-order valence-corrected chi connectivity index (χ2v) is 7.54. The second-order valence-electron chi connectivity index (χ2n) is 4.81. The summed E-state index contributed by atoms with van der Waals surface area (Å²) < 4.78 is 34.7. The Balaban J connectivity index is 2.54. The summed E-state index contributed by atoms with van der Waals surface area (Å²) in [5, 5.41) is 0. The number of hydrogen-bond donors (Lipinski definition) is 0. The zero-order chi connectivity index (χ0) is 14.3. The van der Waals surface area contributed by atoms with Crippen molar-refractivity contribution in [3.8, 4) is 0 Å². The minimum atomic E-state index is -3.65. The van der Waals surface area contributed by atoms with E-state index < -0.39 is 15.6 Å². The third-order valence-electron chi connectivity index (χ3n) is 3.07. The van der Waals surface area contributed by atoms with E-state index in [0.29, 0.717) is 11.4 Å². The Bertz CT molecular complexity index is 679. The molecule has 5 nitrogen and oxygen atoms in total. The molecule has 8 heteroatoms. The molecule has 1 heterocycles. The van der Waals surface area contributed by atoms with E-state index in [1.807, 2.05) is 0 Å². The summed E-state index contributed by atoms with van der Waals surface area (Å²) in [5.41, 5.74) is 0.319. The monoisotopic (exact) mass is 319 g/mol. The van der Waals surface area contributed by atoms with E-state index in [-0.39, 0.29) is 10.8 Å². The first-order valence-corrected chi connectivity index (χ1v) is 8.27. The Morgan fingerprint density at radius 3 is 2.68 bits per heavy atom. The van der Waals surface area contributed by atoms with Crippen LogP contribution in [-0.2, 0) is 21.4 Å². The molecule has 0 N–H and O–H groups in total. The Kier molecular flexibility index (Phi) is 3.83. The van der Waals surface area contributed by atoms with Gasteiger partial charge in [0.2, 0.25) is 10.0 Å². The average molecular weight is 320 g/mol. The Hall–Kier alpha value is -0.760. The molecule has 1 aromatic carbocycles. The lowest BCUT2D eigenvalue weighted by Gasteiger charge is -2.32. The number of sulfonamides is 1. The van der Waals surface area contributed by atoms with Crippen LogP contribution in [0.2, 0.25) is 0 Å². The quantitative estimate of drug-likeness (QED) is 0.813. The maximum atomic E-state index is 12.7. The first-order valence-electron chi connectivity index (χ1n) is 5.57. The molecule has 0 aliphatic carbocycles. The maximum Gasteiger partial charge on any atom is 0.245 e. The number of alkyl halides is 1. The topological polar surface area (TPSA) is 62.1 Å². The van der Waals surface area contributed by atoms with Crippen molar-refractivity contribution in [1.29, 1.82) is 0 Å². The van der Waals surface area contributed by atoms with Gasteiger partial charge >= 0.3 is 0 Å². The fourth-order valence-electron chi connectivity index (χ4n) is 1.55. The van der Waals surface area contributed by atoms with Crippen LogP contribution in [0.4, 0.5) is 11.4 Å². The lowest BCUT2D eigenvalue weighted by atomic mass is 10.1. The molecule has 0 amide bonds. The molecule has 0 bridgehead atoms. The minimum Gasteiger partial charge on any atom is -0.207 e. The molecule has 0 atom stereocenters. The van der Waals surface area contributed by atoms with Gasteiger partial charge in [-0.1, -0.05) is 6.07 Å². The van der Waals surface area contributed by atoms with Crippen molar-refractivity contribution in [2.45, 2.75) is 24.3 Å². The predicted molar refractivity (Wildman–Crippen MR) is 77.7 cm³/mol. The largest absolute Gasteiger partial charge is 0.245 e. The molecule has 0 aromatic heterocycles. The highest BCUT2D eigenvalue weighted by molar-refractivity contribution is 7.89. The highest BCUT2D eigenvalue weighted by Gasteiger charge is 2.35. The van der Waals surface area contributed by atoms with Gasteiger partial charge in [-0.2, -0.15) is 13.0 Å². The van der Waals surface area contributed by atoms with Gasteiger partial charge in [-0.25, -0.2) is 8.42 Å². The first-order chi connectivity index (χ1) is 8.80. The second kappa shape index (κ2) is 4.97. The van der Waals surface area contributed by atoms with Gasteiger partial charge in [0.15, 0.2) is 0 Å². The number of fused-ring (bicyclic) bond motifs is 1. The highest BCUT2D eigenvalue weighted by atomic mass is 35.5. The molecular weight excluding hydrogens is 306 g/mol. The smallest absolute Gasteiger partial charge is 0.207 e. The van der Waals surface area contributed by atoms with Crippen LogP contribution in [0.1, 0.15) is 13.8 Å². The average Bonchev–Trinajstić information content (AvgIpc) is 2.85. The van der Waals surface area contributed by atoms with E-state index in [1.54, 1.807) is 32.0 Å². The van der Waals surface area contributed by atoms with Crippen molar-refractivity contribution < 1.29 is 8.42 Å². The lowest BCUT2D eigenvalue weighted by molar-refractivity contribution is 0.296. The number of rotatable bonds is 4. The van der Waals surface area contributed by atoms with E-state index in [1.165, 1.54) is 11.4 Å². The SMILES string of the molecule is CN(C(C)(C)CCl)S(=O)(=O)c1cccc2c1N=S=N2. The summed E-state index contributed by atoms with van der Waals surface area (Å²) in [6, 6.07) is 4.95. The molecular formula is C11H14ClN3O2S2. The molecule has 0 unspecified atom stereocenters. The van der Waals surface area contributed by atoms with Crippen molar-refractivity contribution in [3.63, 3.8) is 0 Å². The summed E-state index contributed by atoms with van der Waals surface area (Å²) >= 11 is 6.85. The summed E-state index contributed by atoms with van der Waals surface area (Å²) in [4.78, 5) is 0.166. The summed E-state index contributed by atoms with van der Waals surface area (Å²) in [7, 11) is -2.13. The molecule has 0 saturated heterocycles. The van der Waals surface area contributed by atoms with Crippen LogP contribution in [0.3, 0.4) is 0 Å². The van der Waals surface area contributed by atoms with E-state index in [9.17, 15) is 8.42 Å². The number of nitrogens with zero attached hydrogens (tertiary/aromatic N) is 3. The Labute approximate surface area is 121 Å². The van der Waals surface area contributed by atoms with Crippen LogP contribution < -0.4 is 0 Å². The van der Waals surface area contributed by atoms with Crippen LogP contribution in [-0.4, -0.2) is 31.2 Å². The predicted octanol–water partition coefficient (Wildman–Crippen LogP) is 3.05. The zero-order valence-electron chi connectivity index (χ0n) is 10.8. The third kappa shape index (κ3) is 2.47. The first kappa shape index (κ1) is 14.6. The molecule has 0 radical (unpaired) electrons. The van der Waals surface area contributed by atoms with Crippen molar-refractivity contribution in [1.82, 2.24) is 4.31 Å². The fraction of sp³-hybridized carbons (Fsp3) is 0.455. The molecule has 19 heavy (non-hydrogen) atoms. The number of halogens is 1. The Morgan fingerprint density at radius 2 is 2.05 bits per heavy atom. The van der Waals surface area contributed by atoms with Gasteiger partial charge in [-0.3, -0.25) is 0 Å². The van der Waals surface area contributed by atoms with Crippen LogP contribution in [0.25, 0.3) is 0 Å². The normalized spacial score (nSPS) is 14.6.